The number of carbonyl (C=O) groups excluding carboxylic acids is 2. The van der Waals surface area contributed by atoms with Crippen molar-refractivity contribution in [2.75, 3.05) is 33.0 Å². The molecule has 106 valence electrons. The van der Waals surface area contributed by atoms with Crippen LogP contribution in [0.25, 0.3) is 0 Å². The molecule has 0 bridgehead atoms. The zero-order valence-electron chi connectivity index (χ0n) is 11.1. The Kier molecular flexibility index (Phi) is 3.45. The van der Waals surface area contributed by atoms with E-state index >= 15 is 0 Å². The first kappa shape index (κ1) is 12.8. The Bertz CT molecular complexity index is 524. The summed E-state index contributed by atoms with van der Waals surface area (Å²) in [6.07, 6.45) is 1.13. The second-order valence-electron chi connectivity index (χ2n) is 4.85. The van der Waals surface area contributed by atoms with E-state index in [9.17, 15) is 9.59 Å². The molecule has 1 saturated heterocycles. The van der Waals surface area contributed by atoms with Crippen molar-refractivity contribution in [3.8, 4) is 11.5 Å². The molecule has 6 nitrogen and oxygen atoms in total. The predicted molar refractivity (Wildman–Crippen MR) is 70.5 cm³/mol. The van der Waals surface area contributed by atoms with Crippen LogP contribution in [0.4, 0.5) is 0 Å². The van der Waals surface area contributed by atoms with Crippen molar-refractivity contribution in [3.63, 3.8) is 0 Å². The normalized spacial score (nSPS) is 17.2. The fourth-order valence-electron chi connectivity index (χ4n) is 2.48. The summed E-state index contributed by atoms with van der Waals surface area (Å²) < 4.78 is 10.7. The molecule has 0 aliphatic carbocycles. The number of amides is 2. The van der Waals surface area contributed by atoms with Gasteiger partial charge in [-0.25, -0.2) is 0 Å². The number of carbonyl (C=O) groups is 2. The fourth-order valence-corrected chi connectivity index (χ4v) is 2.48. The van der Waals surface area contributed by atoms with Crippen molar-refractivity contribution >= 4 is 12.3 Å². The average Bonchev–Trinajstić information content (AvgIpc) is 2.97. The van der Waals surface area contributed by atoms with Gasteiger partial charge < -0.3 is 19.3 Å². The van der Waals surface area contributed by atoms with Gasteiger partial charge in [0.25, 0.3) is 0 Å². The van der Waals surface area contributed by atoms with Crippen LogP contribution < -0.4 is 9.47 Å². The SMILES string of the molecule is O=CN1CCN(C(=O)Cc2cccc3c2OCO3)CC1. The summed E-state index contributed by atoms with van der Waals surface area (Å²) in [5.74, 6) is 1.42. The average molecular weight is 276 g/mol. The molecule has 20 heavy (non-hydrogen) atoms. The minimum Gasteiger partial charge on any atom is -0.454 e. The van der Waals surface area contributed by atoms with E-state index in [0.717, 1.165) is 12.0 Å². The first-order valence-electron chi connectivity index (χ1n) is 6.62. The van der Waals surface area contributed by atoms with Crippen molar-refractivity contribution in [1.82, 2.24) is 9.80 Å². The molecule has 3 rings (SSSR count). The summed E-state index contributed by atoms with van der Waals surface area (Å²) in [6.45, 7) is 2.58. The van der Waals surface area contributed by atoms with Crippen LogP contribution in [0.5, 0.6) is 11.5 Å². The van der Waals surface area contributed by atoms with E-state index in [4.69, 9.17) is 9.47 Å². The van der Waals surface area contributed by atoms with Gasteiger partial charge in [-0.05, 0) is 6.07 Å². The predicted octanol–water partition coefficient (Wildman–Crippen LogP) is 0.258. The molecule has 1 aromatic carbocycles. The summed E-state index contributed by atoms with van der Waals surface area (Å²) in [5.41, 5.74) is 0.850. The number of ether oxygens (including phenoxy) is 2. The summed E-state index contributed by atoms with van der Waals surface area (Å²) in [4.78, 5) is 26.4. The Morgan fingerprint density at radius 3 is 2.75 bits per heavy atom. The van der Waals surface area contributed by atoms with Crippen molar-refractivity contribution in [1.29, 1.82) is 0 Å². The minimum atomic E-state index is 0.0550. The largest absolute Gasteiger partial charge is 0.454 e. The van der Waals surface area contributed by atoms with Gasteiger partial charge in [0.2, 0.25) is 19.1 Å². The van der Waals surface area contributed by atoms with Crippen molar-refractivity contribution in [3.05, 3.63) is 23.8 Å². The van der Waals surface area contributed by atoms with Gasteiger partial charge in [-0.3, -0.25) is 9.59 Å². The number of nitrogens with zero attached hydrogens (tertiary/aromatic N) is 2. The molecule has 0 atom stereocenters. The molecule has 0 radical (unpaired) electrons. The molecule has 2 amide bonds. The highest BCUT2D eigenvalue weighted by molar-refractivity contribution is 5.80. The standard InChI is InChI=1S/C14H16N2O4/c17-9-15-4-6-16(7-5-15)13(18)8-11-2-1-3-12-14(11)20-10-19-12/h1-3,9H,4-8,10H2. The Balaban J connectivity index is 1.65. The van der Waals surface area contributed by atoms with Gasteiger partial charge in [-0.15, -0.1) is 0 Å². The van der Waals surface area contributed by atoms with Crippen LogP contribution in [0.15, 0.2) is 18.2 Å². The Labute approximate surface area is 116 Å². The van der Waals surface area contributed by atoms with Crippen LogP contribution in [-0.4, -0.2) is 55.1 Å². The van der Waals surface area contributed by atoms with E-state index in [1.165, 1.54) is 0 Å². The topological polar surface area (TPSA) is 59.1 Å². The van der Waals surface area contributed by atoms with E-state index in [-0.39, 0.29) is 12.7 Å². The molecule has 0 N–H and O–H groups in total. The van der Waals surface area contributed by atoms with Crippen LogP contribution in [0.2, 0.25) is 0 Å². The second-order valence-corrected chi connectivity index (χ2v) is 4.85. The highest BCUT2D eigenvalue weighted by Gasteiger charge is 2.23. The number of para-hydroxylation sites is 1. The lowest BCUT2D eigenvalue weighted by Crippen LogP contribution is -2.48. The molecule has 6 heteroatoms. The first-order chi connectivity index (χ1) is 9.78. The molecule has 2 heterocycles. The molecular formula is C14H16N2O4. The lowest BCUT2D eigenvalue weighted by atomic mass is 10.1. The van der Waals surface area contributed by atoms with Crippen LogP contribution in [0.3, 0.4) is 0 Å². The van der Waals surface area contributed by atoms with Crippen LogP contribution in [0, 0.1) is 0 Å². The lowest BCUT2D eigenvalue weighted by Gasteiger charge is -2.32. The van der Waals surface area contributed by atoms with Gasteiger partial charge in [0, 0.05) is 31.7 Å². The zero-order valence-corrected chi connectivity index (χ0v) is 11.1. The van der Waals surface area contributed by atoms with E-state index < -0.39 is 0 Å². The summed E-state index contributed by atoms with van der Waals surface area (Å²) in [7, 11) is 0. The van der Waals surface area contributed by atoms with Crippen molar-refractivity contribution in [2.45, 2.75) is 6.42 Å². The van der Waals surface area contributed by atoms with Gasteiger partial charge in [-0.1, -0.05) is 12.1 Å². The number of rotatable bonds is 3. The Morgan fingerprint density at radius 2 is 2.00 bits per heavy atom. The van der Waals surface area contributed by atoms with E-state index in [2.05, 4.69) is 0 Å². The maximum Gasteiger partial charge on any atom is 0.231 e. The summed E-state index contributed by atoms with van der Waals surface area (Å²) in [6, 6.07) is 5.58. The molecule has 1 fully saturated rings. The van der Waals surface area contributed by atoms with Crippen LogP contribution in [-0.2, 0) is 16.0 Å². The summed E-state index contributed by atoms with van der Waals surface area (Å²) >= 11 is 0. The molecule has 0 unspecified atom stereocenters. The molecule has 2 aliphatic rings. The third-order valence-electron chi connectivity index (χ3n) is 3.64. The van der Waals surface area contributed by atoms with Gasteiger partial charge >= 0.3 is 0 Å². The first-order valence-corrected chi connectivity index (χ1v) is 6.62. The fraction of sp³-hybridized carbons (Fsp3) is 0.429. The monoisotopic (exact) mass is 276 g/mol. The second kappa shape index (κ2) is 5.40. The van der Waals surface area contributed by atoms with Crippen molar-refractivity contribution < 1.29 is 19.1 Å². The van der Waals surface area contributed by atoms with Crippen molar-refractivity contribution in [2.24, 2.45) is 0 Å². The summed E-state index contributed by atoms with van der Waals surface area (Å²) in [5, 5.41) is 0. The van der Waals surface area contributed by atoms with Crippen LogP contribution in [0.1, 0.15) is 5.56 Å². The molecule has 0 aromatic heterocycles. The molecular weight excluding hydrogens is 260 g/mol. The Morgan fingerprint density at radius 1 is 1.20 bits per heavy atom. The highest BCUT2D eigenvalue weighted by Crippen LogP contribution is 2.35. The van der Waals surface area contributed by atoms with Crippen LogP contribution >= 0.6 is 0 Å². The number of piperazine rings is 1. The molecule has 0 saturated carbocycles. The molecule has 0 spiro atoms. The van der Waals surface area contributed by atoms with Gasteiger partial charge in [-0.2, -0.15) is 0 Å². The molecule has 2 aliphatic heterocycles. The number of fused-ring (bicyclic) bond motifs is 1. The minimum absolute atomic E-state index is 0.0550. The number of benzene rings is 1. The van der Waals surface area contributed by atoms with Gasteiger partial charge in [0.05, 0.1) is 6.42 Å². The number of hydrogen-bond acceptors (Lipinski definition) is 4. The smallest absolute Gasteiger partial charge is 0.231 e. The van der Waals surface area contributed by atoms with E-state index in [0.29, 0.717) is 44.1 Å². The van der Waals surface area contributed by atoms with Gasteiger partial charge in [0.1, 0.15) is 0 Å². The maximum absolute atomic E-state index is 12.3. The lowest BCUT2D eigenvalue weighted by molar-refractivity contribution is -0.134. The third-order valence-corrected chi connectivity index (χ3v) is 3.64. The van der Waals surface area contributed by atoms with Gasteiger partial charge in [0.15, 0.2) is 11.5 Å². The maximum atomic E-state index is 12.3. The number of hydrogen-bond donors (Lipinski definition) is 0. The third kappa shape index (κ3) is 2.41. The molecule has 1 aromatic rings. The quantitative estimate of drug-likeness (QED) is 0.743. The zero-order chi connectivity index (χ0) is 13.9. The highest BCUT2D eigenvalue weighted by atomic mass is 16.7. The van der Waals surface area contributed by atoms with E-state index in [1.54, 1.807) is 9.80 Å². The van der Waals surface area contributed by atoms with E-state index in [1.807, 2.05) is 18.2 Å². The Hall–Kier alpha value is -2.24.